The van der Waals surface area contributed by atoms with E-state index in [1.165, 1.54) is 14.2 Å². The predicted octanol–water partition coefficient (Wildman–Crippen LogP) is 0.969. The molecule has 0 aromatic heterocycles. The van der Waals surface area contributed by atoms with E-state index >= 15 is 0 Å². The maximum absolute atomic E-state index is 10.3. The van der Waals surface area contributed by atoms with Crippen molar-refractivity contribution in [1.29, 1.82) is 0 Å². The van der Waals surface area contributed by atoms with Gasteiger partial charge < -0.3 is 9.47 Å². The fourth-order valence-corrected chi connectivity index (χ4v) is 0.485. The Morgan fingerprint density at radius 3 is 1.73 bits per heavy atom. The highest BCUT2D eigenvalue weighted by molar-refractivity contribution is 7.58. The van der Waals surface area contributed by atoms with Gasteiger partial charge in [-0.2, -0.15) is 0 Å². The van der Waals surface area contributed by atoms with Gasteiger partial charge in [-0.15, -0.1) is 0 Å². The predicted molar refractivity (Wildman–Crippen MR) is 37.0 cm³/mol. The maximum Gasteiger partial charge on any atom is 0.445 e. The zero-order chi connectivity index (χ0) is 8.69. The molecule has 11 heavy (non-hydrogen) atoms. The Balaban J connectivity index is 4.00. The maximum atomic E-state index is 10.3. The van der Waals surface area contributed by atoms with Gasteiger partial charge in [-0.25, -0.2) is 9.59 Å². The smallest absolute Gasteiger partial charge is 0.445 e. The van der Waals surface area contributed by atoms with E-state index in [4.69, 9.17) is 0 Å². The zero-order valence-corrected chi connectivity index (χ0v) is 6.75. The van der Waals surface area contributed by atoms with Crippen molar-refractivity contribution in [2.45, 2.75) is 0 Å². The number of carbonyl (C=O) groups is 2. The molecule has 0 saturated carbocycles. The van der Waals surface area contributed by atoms with Crippen molar-refractivity contribution in [3.63, 3.8) is 0 Å². The first-order valence-corrected chi connectivity index (χ1v) is 3.18. The largest absolute Gasteiger partial charge is 0.451 e. The van der Waals surface area contributed by atoms with Gasteiger partial charge in [-0.05, 0) is 0 Å². The summed E-state index contributed by atoms with van der Waals surface area (Å²) in [6.07, 6.45) is -1.61. The van der Waals surface area contributed by atoms with Crippen LogP contribution >= 0.6 is 0 Å². The number of hydrogen-bond acceptors (Lipinski definition) is 4. The number of amides is 2. The second-order valence-electron chi connectivity index (χ2n) is 1.20. The van der Waals surface area contributed by atoms with Gasteiger partial charge in [0.05, 0.1) is 25.6 Å². The minimum atomic E-state index is -0.803. The summed E-state index contributed by atoms with van der Waals surface area (Å²) in [6.45, 7) is 0. The summed E-state index contributed by atoms with van der Waals surface area (Å²) in [5.74, 6) is 0. The van der Waals surface area contributed by atoms with Crippen molar-refractivity contribution in [2.75, 3.05) is 14.2 Å². The van der Waals surface area contributed by atoms with Gasteiger partial charge in [0, 0.05) is 0 Å². The average Bonchev–Trinajstić information content (AvgIpc) is 2.04. The number of methoxy groups -OCH3 is 2. The van der Waals surface area contributed by atoms with Gasteiger partial charge in [0.15, 0.2) is 0 Å². The minimum Gasteiger partial charge on any atom is -0.451 e. The Labute approximate surface area is 66.4 Å². The summed E-state index contributed by atoms with van der Waals surface area (Å²) >= 11 is 0.420. The van der Waals surface area contributed by atoms with E-state index in [2.05, 4.69) is 18.2 Å². The summed E-state index contributed by atoms with van der Waals surface area (Å²) in [7, 11) is 2.34. The molecular weight excluding hydrogens is 172 g/mol. The lowest BCUT2D eigenvalue weighted by atomic mass is 11.2. The molecule has 0 heterocycles. The van der Waals surface area contributed by atoms with Crippen LogP contribution in [0.4, 0.5) is 9.59 Å². The Morgan fingerprint density at radius 2 is 1.45 bits per heavy atom. The van der Waals surface area contributed by atoms with Crippen molar-refractivity contribution in [1.82, 2.24) is 0 Å². The minimum absolute atomic E-state index is 0.420. The highest BCUT2D eigenvalue weighted by Crippen LogP contribution is 1.80. The highest BCUT2D eigenvalue weighted by Gasteiger charge is 1.92. The third kappa shape index (κ3) is 5.22. The Morgan fingerprint density at radius 1 is 1.09 bits per heavy atom. The van der Waals surface area contributed by atoms with Crippen LogP contribution < -0.4 is 0 Å². The quantitative estimate of drug-likeness (QED) is 0.553. The van der Waals surface area contributed by atoms with E-state index in [1.807, 2.05) is 0 Å². The van der Waals surface area contributed by atoms with Gasteiger partial charge in [0.2, 0.25) is 0 Å². The van der Waals surface area contributed by atoms with Crippen molar-refractivity contribution in [2.24, 2.45) is 8.73 Å². The van der Waals surface area contributed by atoms with Crippen molar-refractivity contribution in [3.05, 3.63) is 0 Å². The van der Waals surface area contributed by atoms with Gasteiger partial charge >= 0.3 is 12.2 Å². The molecule has 6 nitrogen and oxygen atoms in total. The Bertz CT molecular complexity index is 200. The molecule has 7 heteroatoms. The molecule has 0 fully saturated rings. The molecule has 0 N–H and O–H groups in total. The molecule has 0 aliphatic carbocycles. The molecule has 0 spiro atoms. The molecule has 0 atom stereocenters. The first-order chi connectivity index (χ1) is 5.20. The molecule has 0 unspecified atom stereocenters. The zero-order valence-electron chi connectivity index (χ0n) is 5.94. The summed E-state index contributed by atoms with van der Waals surface area (Å²) < 4.78 is 14.5. The first kappa shape index (κ1) is 9.76. The normalized spacial score (nSPS) is 7.82. The lowest BCUT2D eigenvalue weighted by Crippen LogP contribution is -1.91. The van der Waals surface area contributed by atoms with E-state index in [0.29, 0.717) is 11.4 Å². The van der Waals surface area contributed by atoms with Gasteiger partial charge in [0.1, 0.15) is 0 Å². The van der Waals surface area contributed by atoms with E-state index in [-0.39, 0.29) is 0 Å². The number of carbonyl (C=O) groups excluding carboxylic acids is 2. The SMILES string of the molecule is COC(=O)N=S=NC(=O)OC. The van der Waals surface area contributed by atoms with Crippen LogP contribution in [0.1, 0.15) is 0 Å². The molecule has 0 aliphatic heterocycles. The van der Waals surface area contributed by atoms with Crippen LogP contribution in [0.15, 0.2) is 8.73 Å². The Hall–Kier alpha value is -1.24. The van der Waals surface area contributed by atoms with Gasteiger partial charge in [0.25, 0.3) is 0 Å². The van der Waals surface area contributed by atoms with Crippen LogP contribution in [0.5, 0.6) is 0 Å². The second-order valence-corrected chi connectivity index (χ2v) is 1.73. The topological polar surface area (TPSA) is 77.3 Å². The molecule has 62 valence electrons. The third-order valence-corrected chi connectivity index (χ3v) is 1.04. The highest BCUT2D eigenvalue weighted by atomic mass is 32.1. The molecule has 0 bridgehead atoms. The van der Waals surface area contributed by atoms with E-state index < -0.39 is 12.2 Å². The van der Waals surface area contributed by atoms with Crippen LogP contribution in [0.25, 0.3) is 0 Å². The van der Waals surface area contributed by atoms with E-state index in [9.17, 15) is 9.59 Å². The molecular formula is C4H6N2O4S. The monoisotopic (exact) mass is 178 g/mol. The van der Waals surface area contributed by atoms with Crippen LogP contribution in [0.2, 0.25) is 0 Å². The van der Waals surface area contributed by atoms with Crippen molar-refractivity contribution in [3.8, 4) is 0 Å². The van der Waals surface area contributed by atoms with Crippen LogP contribution in [-0.2, 0) is 20.8 Å². The first-order valence-electron chi connectivity index (χ1n) is 2.45. The molecule has 2 amide bonds. The molecule has 0 aromatic rings. The number of ether oxygens (including phenoxy) is 2. The Kier molecular flexibility index (Phi) is 4.91. The van der Waals surface area contributed by atoms with Gasteiger partial charge in [-0.3, -0.25) is 0 Å². The lowest BCUT2D eigenvalue weighted by molar-refractivity contribution is 0.183. The molecule has 0 radical (unpaired) electrons. The van der Waals surface area contributed by atoms with Crippen LogP contribution in [0.3, 0.4) is 0 Å². The average molecular weight is 178 g/mol. The van der Waals surface area contributed by atoms with Gasteiger partial charge in [-0.1, -0.05) is 8.73 Å². The van der Waals surface area contributed by atoms with Crippen LogP contribution in [0, 0.1) is 0 Å². The summed E-state index contributed by atoms with van der Waals surface area (Å²) in [5, 5.41) is 0. The molecule has 0 aliphatic rings. The van der Waals surface area contributed by atoms with Crippen LogP contribution in [-0.4, -0.2) is 26.4 Å². The fraction of sp³-hybridized carbons (Fsp3) is 0.500. The number of rotatable bonds is 0. The van der Waals surface area contributed by atoms with E-state index in [1.54, 1.807) is 0 Å². The summed E-state index contributed by atoms with van der Waals surface area (Å²) in [5.41, 5.74) is 0. The second kappa shape index (κ2) is 5.54. The summed E-state index contributed by atoms with van der Waals surface area (Å²) in [4.78, 5) is 20.5. The van der Waals surface area contributed by atoms with Crippen molar-refractivity contribution >= 4 is 23.5 Å². The lowest BCUT2D eigenvalue weighted by Gasteiger charge is -1.84. The molecule has 0 saturated heterocycles. The van der Waals surface area contributed by atoms with Crippen molar-refractivity contribution < 1.29 is 19.1 Å². The fourth-order valence-electron chi connectivity index (χ4n) is 0.162. The third-order valence-electron chi connectivity index (χ3n) is 0.580. The van der Waals surface area contributed by atoms with E-state index in [0.717, 1.165) is 0 Å². The molecule has 0 aromatic carbocycles. The standard InChI is InChI=1S/C4H6N2O4S/c1-9-3(7)5-11-6-4(8)10-2/h1-2H3. The number of nitrogens with zero attached hydrogens (tertiary/aromatic N) is 2. The molecule has 0 rings (SSSR count). The number of hydrogen-bond donors (Lipinski definition) is 0. The summed E-state index contributed by atoms with van der Waals surface area (Å²) in [6, 6.07) is 0.